The van der Waals surface area contributed by atoms with Gasteiger partial charge in [-0.3, -0.25) is 9.78 Å². The average Bonchev–Trinajstić information content (AvgIpc) is 2.74. The van der Waals surface area contributed by atoms with Crippen LogP contribution >= 0.6 is 11.6 Å². The molecule has 1 amide bonds. The van der Waals surface area contributed by atoms with E-state index in [0.717, 1.165) is 11.5 Å². The molecule has 0 saturated heterocycles. The van der Waals surface area contributed by atoms with E-state index >= 15 is 0 Å². The van der Waals surface area contributed by atoms with E-state index in [9.17, 15) is 4.79 Å². The highest BCUT2D eigenvalue weighted by atomic mass is 35.5. The Balaban J connectivity index is 2.12. The summed E-state index contributed by atoms with van der Waals surface area (Å²) in [6.07, 6.45) is 3.00. The zero-order chi connectivity index (χ0) is 13.1. The molecule has 0 radical (unpaired) electrons. The number of amides is 1. The lowest BCUT2D eigenvalue weighted by atomic mass is 10.2. The van der Waals surface area contributed by atoms with Crippen molar-refractivity contribution in [2.24, 2.45) is 0 Å². The van der Waals surface area contributed by atoms with E-state index < -0.39 is 0 Å². The first-order valence-corrected chi connectivity index (χ1v) is 5.86. The van der Waals surface area contributed by atoms with E-state index in [1.807, 2.05) is 19.1 Å². The number of carbonyl (C=O) groups is 1. The number of halogens is 1. The van der Waals surface area contributed by atoms with Gasteiger partial charge in [0.1, 0.15) is 11.5 Å². The molecule has 2 aromatic rings. The molecule has 0 spiro atoms. The fourth-order valence-corrected chi connectivity index (χ4v) is 1.83. The fourth-order valence-electron chi connectivity index (χ4n) is 1.63. The first-order valence-electron chi connectivity index (χ1n) is 5.48. The summed E-state index contributed by atoms with van der Waals surface area (Å²) in [5.74, 6) is 1.41. The molecule has 5 heteroatoms. The number of pyridine rings is 1. The molecule has 2 rings (SSSR count). The number of furan rings is 1. The molecule has 0 atom stereocenters. The smallest absolute Gasteiger partial charge is 0.255 e. The van der Waals surface area contributed by atoms with E-state index in [1.165, 1.54) is 6.20 Å². The molecule has 0 aliphatic heterocycles. The van der Waals surface area contributed by atoms with Crippen molar-refractivity contribution in [3.63, 3.8) is 0 Å². The number of hydrogen-bond donors (Lipinski definition) is 0. The van der Waals surface area contributed by atoms with Crippen molar-refractivity contribution in [1.29, 1.82) is 0 Å². The van der Waals surface area contributed by atoms with Crippen molar-refractivity contribution in [1.82, 2.24) is 9.88 Å². The lowest BCUT2D eigenvalue weighted by Crippen LogP contribution is -2.26. The van der Waals surface area contributed by atoms with Gasteiger partial charge in [-0.2, -0.15) is 0 Å². The zero-order valence-electron chi connectivity index (χ0n) is 10.2. The summed E-state index contributed by atoms with van der Waals surface area (Å²) in [5.41, 5.74) is 0.442. The van der Waals surface area contributed by atoms with Gasteiger partial charge in [0, 0.05) is 19.4 Å². The molecule has 2 heterocycles. The Morgan fingerprint density at radius 3 is 2.83 bits per heavy atom. The summed E-state index contributed by atoms with van der Waals surface area (Å²) in [4.78, 5) is 17.6. The minimum Gasteiger partial charge on any atom is -0.464 e. The van der Waals surface area contributed by atoms with E-state index in [4.69, 9.17) is 16.0 Å². The summed E-state index contributed by atoms with van der Waals surface area (Å²) >= 11 is 5.94. The van der Waals surface area contributed by atoms with Gasteiger partial charge < -0.3 is 9.32 Å². The standard InChI is InChI=1S/C13H13ClN2O2/c1-9-3-4-10(18-9)8-16(2)13(17)11-5-6-15-7-12(11)14/h3-7H,8H2,1-2H3. The van der Waals surface area contributed by atoms with Gasteiger partial charge in [0.05, 0.1) is 17.1 Å². The van der Waals surface area contributed by atoms with Gasteiger partial charge >= 0.3 is 0 Å². The third-order valence-corrected chi connectivity index (χ3v) is 2.84. The van der Waals surface area contributed by atoms with Crippen molar-refractivity contribution in [3.05, 3.63) is 52.7 Å². The van der Waals surface area contributed by atoms with E-state index in [0.29, 0.717) is 17.1 Å². The predicted molar refractivity (Wildman–Crippen MR) is 68.5 cm³/mol. The quantitative estimate of drug-likeness (QED) is 0.856. The predicted octanol–water partition coefficient (Wildman–Crippen LogP) is 2.91. The van der Waals surface area contributed by atoms with Crippen LogP contribution in [0.1, 0.15) is 21.9 Å². The molecule has 0 bridgehead atoms. The lowest BCUT2D eigenvalue weighted by Gasteiger charge is -2.16. The SMILES string of the molecule is Cc1ccc(CN(C)C(=O)c2ccncc2Cl)o1. The Kier molecular flexibility index (Phi) is 3.67. The summed E-state index contributed by atoms with van der Waals surface area (Å²) < 4.78 is 5.43. The minimum atomic E-state index is -0.156. The Labute approximate surface area is 110 Å². The third-order valence-electron chi connectivity index (χ3n) is 2.54. The summed E-state index contributed by atoms with van der Waals surface area (Å²) in [7, 11) is 1.71. The Morgan fingerprint density at radius 2 is 2.22 bits per heavy atom. The number of rotatable bonds is 3. The highest BCUT2D eigenvalue weighted by molar-refractivity contribution is 6.33. The molecular weight excluding hydrogens is 252 g/mol. The summed E-state index contributed by atoms with van der Waals surface area (Å²) in [5, 5.41) is 0.352. The number of aromatic nitrogens is 1. The van der Waals surface area contributed by atoms with Crippen LogP contribution in [0.25, 0.3) is 0 Å². The Hall–Kier alpha value is -1.81. The fraction of sp³-hybridized carbons (Fsp3) is 0.231. The third kappa shape index (κ3) is 2.71. The minimum absolute atomic E-state index is 0.156. The number of nitrogens with zero attached hydrogens (tertiary/aromatic N) is 2. The van der Waals surface area contributed by atoms with Crippen LogP contribution < -0.4 is 0 Å². The monoisotopic (exact) mass is 264 g/mol. The van der Waals surface area contributed by atoms with E-state index in [2.05, 4.69) is 4.98 Å². The molecule has 0 aromatic carbocycles. The maximum Gasteiger partial charge on any atom is 0.255 e. The molecule has 0 aliphatic carbocycles. The van der Waals surface area contributed by atoms with Gasteiger partial charge in [-0.05, 0) is 25.1 Å². The molecule has 0 saturated carbocycles. The van der Waals surface area contributed by atoms with Crippen molar-refractivity contribution >= 4 is 17.5 Å². The summed E-state index contributed by atoms with van der Waals surface area (Å²) in [6, 6.07) is 5.33. The Morgan fingerprint density at radius 1 is 1.44 bits per heavy atom. The maximum atomic E-state index is 12.1. The Bertz CT molecular complexity index is 566. The largest absolute Gasteiger partial charge is 0.464 e. The number of hydrogen-bond acceptors (Lipinski definition) is 3. The molecule has 0 unspecified atom stereocenters. The van der Waals surface area contributed by atoms with Crippen molar-refractivity contribution < 1.29 is 9.21 Å². The van der Waals surface area contributed by atoms with Crippen LogP contribution in [-0.2, 0) is 6.54 Å². The van der Waals surface area contributed by atoms with E-state index in [1.54, 1.807) is 24.2 Å². The first kappa shape index (κ1) is 12.6. The number of aryl methyl sites for hydroxylation is 1. The molecule has 18 heavy (non-hydrogen) atoms. The average molecular weight is 265 g/mol. The zero-order valence-corrected chi connectivity index (χ0v) is 10.9. The molecule has 0 fully saturated rings. The second kappa shape index (κ2) is 5.23. The first-order chi connectivity index (χ1) is 8.58. The maximum absolute atomic E-state index is 12.1. The molecule has 0 aliphatic rings. The van der Waals surface area contributed by atoms with E-state index in [-0.39, 0.29) is 5.91 Å². The summed E-state index contributed by atoms with van der Waals surface area (Å²) in [6.45, 7) is 2.27. The van der Waals surface area contributed by atoms with Crippen LogP contribution in [0, 0.1) is 6.92 Å². The van der Waals surface area contributed by atoms with Crippen LogP contribution in [0.4, 0.5) is 0 Å². The molecular formula is C13H13ClN2O2. The topological polar surface area (TPSA) is 46.3 Å². The van der Waals surface area contributed by atoms with Gasteiger partial charge in [0.2, 0.25) is 0 Å². The van der Waals surface area contributed by atoms with Gasteiger partial charge in [0.15, 0.2) is 0 Å². The molecule has 94 valence electrons. The van der Waals surface area contributed by atoms with Gasteiger partial charge in [-0.1, -0.05) is 11.6 Å². The van der Waals surface area contributed by atoms with Gasteiger partial charge in [-0.25, -0.2) is 0 Å². The molecule has 4 nitrogen and oxygen atoms in total. The molecule has 0 N–H and O–H groups in total. The van der Waals surface area contributed by atoms with Crippen molar-refractivity contribution in [3.8, 4) is 0 Å². The molecule has 2 aromatic heterocycles. The van der Waals surface area contributed by atoms with Crippen LogP contribution in [-0.4, -0.2) is 22.8 Å². The van der Waals surface area contributed by atoms with Crippen molar-refractivity contribution in [2.45, 2.75) is 13.5 Å². The van der Waals surface area contributed by atoms with Crippen molar-refractivity contribution in [2.75, 3.05) is 7.05 Å². The normalized spacial score (nSPS) is 10.4. The highest BCUT2D eigenvalue weighted by Gasteiger charge is 2.16. The second-order valence-corrected chi connectivity index (χ2v) is 4.44. The van der Waals surface area contributed by atoms with Gasteiger partial charge in [-0.15, -0.1) is 0 Å². The second-order valence-electron chi connectivity index (χ2n) is 4.03. The van der Waals surface area contributed by atoms with Crippen LogP contribution in [0.5, 0.6) is 0 Å². The highest BCUT2D eigenvalue weighted by Crippen LogP contribution is 2.17. The lowest BCUT2D eigenvalue weighted by molar-refractivity contribution is 0.0775. The van der Waals surface area contributed by atoms with Crippen LogP contribution in [0.3, 0.4) is 0 Å². The van der Waals surface area contributed by atoms with Crippen LogP contribution in [0.15, 0.2) is 35.0 Å². The van der Waals surface area contributed by atoms with Crippen LogP contribution in [0.2, 0.25) is 5.02 Å². The number of carbonyl (C=O) groups excluding carboxylic acids is 1. The van der Waals surface area contributed by atoms with Gasteiger partial charge in [0.25, 0.3) is 5.91 Å².